The maximum atomic E-state index is 13.0. The number of hydrogen-bond acceptors (Lipinski definition) is 4. The number of aromatic nitrogens is 2. The van der Waals surface area contributed by atoms with Crippen LogP contribution in [0.4, 0.5) is 0 Å². The molecule has 3 rings (SSSR count). The summed E-state index contributed by atoms with van der Waals surface area (Å²) >= 11 is 7.38. The van der Waals surface area contributed by atoms with Crippen molar-refractivity contribution in [1.82, 2.24) is 14.9 Å². The highest BCUT2D eigenvalue weighted by atomic mass is 35.5. The van der Waals surface area contributed by atoms with Gasteiger partial charge in [-0.25, -0.2) is 4.98 Å². The van der Waals surface area contributed by atoms with E-state index < -0.39 is 0 Å². The zero-order valence-corrected chi connectivity index (χ0v) is 17.6. The highest BCUT2D eigenvalue weighted by Gasteiger charge is 2.28. The lowest BCUT2D eigenvalue weighted by atomic mass is 10.1. The van der Waals surface area contributed by atoms with Gasteiger partial charge in [-0.15, -0.1) is 0 Å². The predicted molar refractivity (Wildman–Crippen MR) is 112 cm³/mol. The molecular formula is C20H26ClN3O2S. The Morgan fingerprint density at radius 1 is 1.37 bits per heavy atom. The van der Waals surface area contributed by atoms with Crippen LogP contribution in [-0.4, -0.2) is 27.3 Å². The molecule has 1 fully saturated rings. The van der Waals surface area contributed by atoms with E-state index in [1.807, 2.05) is 0 Å². The van der Waals surface area contributed by atoms with Gasteiger partial charge in [-0.05, 0) is 56.2 Å². The van der Waals surface area contributed by atoms with Crippen molar-refractivity contribution in [3.05, 3.63) is 33.6 Å². The highest BCUT2D eigenvalue weighted by Crippen LogP contribution is 2.32. The first-order chi connectivity index (χ1) is 12.8. The predicted octanol–water partition coefficient (Wildman–Crippen LogP) is 4.10. The SMILES string of the molecule is CC(C)CCn1c(SCC(=O)NC(C)C2CC2)nc2cc(Cl)ccc2c1=O. The summed E-state index contributed by atoms with van der Waals surface area (Å²) in [6.07, 6.45) is 3.26. The van der Waals surface area contributed by atoms with Crippen LogP contribution in [0.15, 0.2) is 28.2 Å². The first kappa shape index (κ1) is 20.2. The van der Waals surface area contributed by atoms with E-state index in [4.69, 9.17) is 11.6 Å². The molecule has 1 aliphatic carbocycles. The molecule has 7 heteroatoms. The fourth-order valence-electron chi connectivity index (χ4n) is 3.01. The topological polar surface area (TPSA) is 64.0 Å². The van der Waals surface area contributed by atoms with Gasteiger partial charge in [0.2, 0.25) is 5.91 Å². The van der Waals surface area contributed by atoms with Crippen LogP contribution in [0.1, 0.15) is 40.0 Å². The van der Waals surface area contributed by atoms with Crippen LogP contribution in [0, 0.1) is 11.8 Å². The van der Waals surface area contributed by atoms with E-state index in [0.29, 0.717) is 39.5 Å². The lowest BCUT2D eigenvalue weighted by Crippen LogP contribution is -2.35. The van der Waals surface area contributed by atoms with E-state index >= 15 is 0 Å². The van der Waals surface area contributed by atoms with E-state index in [2.05, 4.69) is 31.1 Å². The second-order valence-electron chi connectivity index (χ2n) is 7.68. The number of benzene rings is 1. The third-order valence-corrected chi connectivity index (χ3v) is 6.07. The molecule has 27 heavy (non-hydrogen) atoms. The first-order valence-electron chi connectivity index (χ1n) is 9.47. The minimum absolute atomic E-state index is 0.0183. The molecule has 1 atom stereocenters. The van der Waals surface area contributed by atoms with Gasteiger partial charge in [0.25, 0.3) is 5.56 Å². The van der Waals surface area contributed by atoms with Crippen molar-refractivity contribution in [3.8, 4) is 0 Å². The fourth-order valence-corrected chi connectivity index (χ4v) is 4.01. The van der Waals surface area contributed by atoms with Gasteiger partial charge in [-0.3, -0.25) is 14.2 Å². The molecule has 2 aromatic rings. The Kier molecular flexibility index (Phi) is 6.48. The van der Waals surface area contributed by atoms with Crippen molar-refractivity contribution in [2.45, 2.75) is 57.8 Å². The van der Waals surface area contributed by atoms with Gasteiger partial charge in [-0.1, -0.05) is 37.2 Å². The second-order valence-corrected chi connectivity index (χ2v) is 9.06. The summed E-state index contributed by atoms with van der Waals surface area (Å²) in [5.74, 6) is 1.31. The zero-order chi connectivity index (χ0) is 19.6. The van der Waals surface area contributed by atoms with Crippen molar-refractivity contribution in [3.63, 3.8) is 0 Å². The number of nitrogens with zero attached hydrogens (tertiary/aromatic N) is 2. The second kappa shape index (κ2) is 8.65. The van der Waals surface area contributed by atoms with Crippen molar-refractivity contribution in [2.75, 3.05) is 5.75 Å². The molecule has 1 heterocycles. The van der Waals surface area contributed by atoms with E-state index in [9.17, 15) is 9.59 Å². The van der Waals surface area contributed by atoms with Gasteiger partial charge < -0.3 is 5.32 Å². The molecule has 0 spiro atoms. The zero-order valence-electron chi connectivity index (χ0n) is 16.0. The average Bonchev–Trinajstić information content (AvgIpc) is 3.44. The van der Waals surface area contributed by atoms with E-state index in [1.165, 1.54) is 24.6 Å². The number of thioether (sulfide) groups is 1. The molecule has 5 nitrogen and oxygen atoms in total. The van der Waals surface area contributed by atoms with E-state index in [-0.39, 0.29) is 23.3 Å². The van der Waals surface area contributed by atoms with Gasteiger partial charge >= 0.3 is 0 Å². The number of nitrogens with one attached hydrogen (secondary N) is 1. The van der Waals surface area contributed by atoms with Crippen molar-refractivity contribution >= 4 is 40.2 Å². The third kappa shape index (κ3) is 5.26. The van der Waals surface area contributed by atoms with Gasteiger partial charge in [0, 0.05) is 17.6 Å². The summed E-state index contributed by atoms with van der Waals surface area (Å²) in [5.41, 5.74) is 0.495. The molecule has 1 saturated carbocycles. The fraction of sp³-hybridized carbons (Fsp3) is 0.550. The lowest BCUT2D eigenvalue weighted by molar-refractivity contribution is -0.119. The molecule has 0 aliphatic heterocycles. The lowest BCUT2D eigenvalue weighted by Gasteiger charge is -2.15. The smallest absolute Gasteiger partial charge is 0.262 e. The summed E-state index contributed by atoms with van der Waals surface area (Å²) in [6.45, 7) is 6.89. The van der Waals surface area contributed by atoms with Crippen LogP contribution < -0.4 is 10.9 Å². The van der Waals surface area contributed by atoms with Crippen molar-refractivity contribution in [1.29, 1.82) is 0 Å². The summed E-state index contributed by atoms with van der Waals surface area (Å²) in [6, 6.07) is 5.34. The third-order valence-electron chi connectivity index (χ3n) is 4.86. The summed E-state index contributed by atoms with van der Waals surface area (Å²) in [4.78, 5) is 29.9. The number of amides is 1. The minimum Gasteiger partial charge on any atom is -0.353 e. The molecule has 0 saturated heterocycles. The number of rotatable bonds is 8. The molecule has 0 radical (unpaired) electrons. The Bertz CT molecular complexity index is 893. The first-order valence-corrected chi connectivity index (χ1v) is 10.8. The maximum Gasteiger partial charge on any atom is 0.262 e. The molecular weight excluding hydrogens is 382 g/mol. The van der Waals surface area contributed by atoms with Crippen LogP contribution in [0.25, 0.3) is 10.9 Å². The largest absolute Gasteiger partial charge is 0.353 e. The Hall–Kier alpha value is -1.53. The number of halogens is 1. The van der Waals surface area contributed by atoms with Crippen LogP contribution >= 0.6 is 23.4 Å². The minimum atomic E-state index is -0.0772. The molecule has 0 bridgehead atoms. The standard InChI is InChI=1S/C20H26ClN3O2S/c1-12(2)8-9-24-19(26)16-7-6-15(21)10-17(16)23-20(24)27-11-18(25)22-13(3)14-4-5-14/h6-7,10,12-14H,4-5,8-9,11H2,1-3H3,(H,22,25). The van der Waals surface area contributed by atoms with Crippen LogP contribution in [-0.2, 0) is 11.3 Å². The van der Waals surface area contributed by atoms with Gasteiger partial charge in [0.1, 0.15) is 0 Å². The monoisotopic (exact) mass is 407 g/mol. The van der Waals surface area contributed by atoms with Crippen LogP contribution in [0.2, 0.25) is 5.02 Å². The quantitative estimate of drug-likeness (QED) is 0.528. The average molecular weight is 408 g/mol. The Morgan fingerprint density at radius 3 is 2.78 bits per heavy atom. The highest BCUT2D eigenvalue weighted by molar-refractivity contribution is 7.99. The Labute approximate surface area is 168 Å². The summed E-state index contributed by atoms with van der Waals surface area (Å²) in [5, 5.41) is 4.72. The van der Waals surface area contributed by atoms with Gasteiger partial charge in [0.15, 0.2) is 5.16 Å². The van der Waals surface area contributed by atoms with Gasteiger partial charge in [-0.2, -0.15) is 0 Å². The molecule has 1 amide bonds. The summed E-state index contributed by atoms with van der Waals surface area (Å²) in [7, 11) is 0. The maximum absolute atomic E-state index is 13.0. The summed E-state index contributed by atoms with van der Waals surface area (Å²) < 4.78 is 1.69. The molecule has 146 valence electrons. The van der Waals surface area contributed by atoms with Crippen LogP contribution in [0.3, 0.4) is 0 Å². The van der Waals surface area contributed by atoms with Crippen molar-refractivity contribution in [2.24, 2.45) is 11.8 Å². The Morgan fingerprint density at radius 2 is 2.11 bits per heavy atom. The molecule has 1 aliphatic rings. The molecule has 1 N–H and O–H groups in total. The molecule has 1 aromatic heterocycles. The van der Waals surface area contributed by atoms with Crippen LogP contribution in [0.5, 0.6) is 0 Å². The van der Waals surface area contributed by atoms with Crippen molar-refractivity contribution < 1.29 is 4.79 Å². The van der Waals surface area contributed by atoms with Gasteiger partial charge in [0.05, 0.1) is 16.7 Å². The number of fused-ring (bicyclic) bond motifs is 1. The number of carbonyl (C=O) groups excluding carboxylic acids is 1. The Balaban J connectivity index is 1.83. The molecule has 1 aromatic carbocycles. The number of carbonyl (C=O) groups is 1. The number of hydrogen-bond donors (Lipinski definition) is 1. The van der Waals surface area contributed by atoms with E-state index in [1.54, 1.807) is 22.8 Å². The van der Waals surface area contributed by atoms with E-state index in [0.717, 1.165) is 6.42 Å². The normalized spacial score (nSPS) is 15.3. The molecule has 1 unspecified atom stereocenters.